The van der Waals surface area contributed by atoms with E-state index in [4.69, 9.17) is 4.74 Å². The molecule has 4 heterocycles. The van der Waals surface area contributed by atoms with Crippen molar-refractivity contribution in [1.82, 2.24) is 14.1 Å². The number of nitrogens with zero attached hydrogens (tertiary/aromatic N) is 3. The minimum Gasteiger partial charge on any atom is -0.373 e. The summed E-state index contributed by atoms with van der Waals surface area (Å²) in [5.74, 6) is -0.353. The smallest absolute Gasteiger partial charge is 0.257 e. The molecule has 2 atom stereocenters. The van der Waals surface area contributed by atoms with E-state index in [1.807, 2.05) is 18.7 Å². The van der Waals surface area contributed by atoms with E-state index in [9.17, 15) is 18.0 Å². The molecule has 0 bridgehead atoms. The zero-order chi connectivity index (χ0) is 27.7. The summed E-state index contributed by atoms with van der Waals surface area (Å²) in [4.78, 5) is 32.5. The highest BCUT2D eigenvalue weighted by molar-refractivity contribution is 7.89. The number of thiophene rings is 1. The lowest BCUT2D eigenvalue weighted by Crippen LogP contribution is -2.48. The van der Waals surface area contributed by atoms with E-state index >= 15 is 0 Å². The Balaban J connectivity index is 1.37. The Bertz CT molecular complexity index is 1310. The number of benzene rings is 1. The number of sulfonamides is 1. The van der Waals surface area contributed by atoms with Crippen LogP contribution < -0.4 is 5.32 Å². The van der Waals surface area contributed by atoms with Crippen molar-refractivity contribution in [3.05, 3.63) is 45.8 Å². The molecule has 0 saturated carbocycles. The Morgan fingerprint density at radius 2 is 1.69 bits per heavy atom. The summed E-state index contributed by atoms with van der Waals surface area (Å²) in [5.41, 5.74) is 2.04. The lowest BCUT2D eigenvalue weighted by Gasteiger charge is -2.34. The van der Waals surface area contributed by atoms with E-state index in [0.29, 0.717) is 29.2 Å². The molecule has 0 spiro atoms. The third kappa shape index (κ3) is 5.92. The van der Waals surface area contributed by atoms with Crippen LogP contribution in [0.25, 0.3) is 0 Å². The van der Waals surface area contributed by atoms with Crippen LogP contribution in [0.1, 0.15) is 71.2 Å². The lowest BCUT2D eigenvalue weighted by atomic mass is 10.0. The van der Waals surface area contributed by atoms with Crippen molar-refractivity contribution in [2.45, 2.75) is 70.1 Å². The monoisotopic (exact) mass is 574 g/mol. The van der Waals surface area contributed by atoms with Gasteiger partial charge in [-0.1, -0.05) is 6.92 Å². The number of nitrogens with one attached hydrogen (secondary N) is 1. The van der Waals surface area contributed by atoms with Gasteiger partial charge in [0.1, 0.15) is 5.00 Å². The van der Waals surface area contributed by atoms with Gasteiger partial charge < -0.3 is 15.0 Å². The van der Waals surface area contributed by atoms with Crippen LogP contribution in [-0.2, 0) is 27.7 Å². The fourth-order valence-corrected chi connectivity index (χ4v) is 8.59. The van der Waals surface area contributed by atoms with Crippen molar-refractivity contribution < 1.29 is 22.7 Å². The van der Waals surface area contributed by atoms with E-state index in [-0.39, 0.29) is 28.9 Å². The predicted molar refractivity (Wildman–Crippen MR) is 152 cm³/mol. The number of rotatable bonds is 6. The third-order valence-corrected chi connectivity index (χ3v) is 10.8. The highest BCUT2D eigenvalue weighted by atomic mass is 32.2. The van der Waals surface area contributed by atoms with Crippen LogP contribution >= 0.6 is 11.3 Å². The van der Waals surface area contributed by atoms with Gasteiger partial charge in [-0.05, 0) is 75.9 Å². The Kier molecular flexibility index (Phi) is 8.44. The third-order valence-electron chi connectivity index (χ3n) is 7.81. The fraction of sp³-hybridized carbons (Fsp3) is 0.571. The first kappa shape index (κ1) is 28.2. The van der Waals surface area contributed by atoms with Gasteiger partial charge in [-0.25, -0.2) is 8.42 Å². The maximum absolute atomic E-state index is 13.7. The van der Waals surface area contributed by atoms with Crippen molar-refractivity contribution in [1.29, 1.82) is 0 Å². The number of piperidine rings is 1. The molecule has 3 aliphatic rings. The molecular formula is C28H38N4O5S2. The van der Waals surface area contributed by atoms with Gasteiger partial charge in [0.15, 0.2) is 0 Å². The normalized spacial score (nSPS) is 22.9. The summed E-state index contributed by atoms with van der Waals surface area (Å²) in [7, 11) is -3.70. The molecule has 39 heavy (non-hydrogen) atoms. The second-order valence-electron chi connectivity index (χ2n) is 10.7. The highest BCUT2D eigenvalue weighted by Gasteiger charge is 2.33. The number of carbonyl (C=O) groups is 2. The van der Waals surface area contributed by atoms with Crippen LogP contribution in [-0.4, -0.2) is 85.8 Å². The average Bonchev–Trinajstić information content (AvgIpc) is 3.29. The zero-order valence-electron chi connectivity index (χ0n) is 22.9. The fourth-order valence-electron chi connectivity index (χ4n) is 5.73. The zero-order valence-corrected chi connectivity index (χ0v) is 24.6. The van der Waals surface area contributed by atoms with Crippen LogP contribution in [0.3, 0.4) is 0 Å². The second-order valence-corrected chi connectivity index (χ2v) is 13.8. The first-order valence-electron chi connectivity index (χ1n) is 13.9. The molecule has 1 aromatic carbocycles. The van der Waals surface area contributed by atoms with Gasteiger partial charge in [-0.15, -0.1) is 11.3 Å². The lowest BCUT2D eigenvalue weighted by molar-refractivity contribution is -0.0440. The molecule has 1 aromatic heterocycles. The summed E-state index contributed by atoms with van der Waals surface area (Å²) in [6.07, 6.45) is 3.56. The van der Waals surface area contributed by atoms with Crippen molar-refractivity contribution in [3.8, 4) is 0 Å². The number of hydrogen-bond donors (Lipinski definition) is 1. The van der Waals surface area contributed by atoms with Gasteiger partial charge in [0.05, 0.1) is 22.7 Å². The number of anilines is 1. The molecule has 2 saturated heterocycles. The Morgan fingerprint density at radius 1 is 1.03 bits per heavy atom. The van der Waals surface area contributed by atoms with Crippen molar-refractivity contribution in [3.63, 3.8) is 0 Å². The largest absolute Gasteiger partial charge is 0.373 e. The molecule has 5 rings (SSSR count). The summed E-state index contributed by atoms with van der Waals surface area (Å²) in [6.45, 7) is 10.5. The SMILES string of the molecule is CCN1CCc2c(sc(NC(=O)c3ccc(S(=O)(=O)N4CC(C)OC(C)C4)cc3)c2C(=O)N2CCCCC2)C1. The van der Waals surface area contributed by atoms with Gasteiger partial charge >= 0.3 is 0 Å². The number of hydrogen-bond acceptors (Lipinski definition) is 7. The van der Waals surface area contributed by atoms with E-state index in [2.05, 4.69) is 17.1 Å². The van der Waals surface area contributed by atoms with Gasteiger partial charge in [0.25, 0.3) is 11.8 Å². The Labute approximate surface area is 235 Å². The van der Waals surface area contributed by atoms with Gasteiger partial charge in [-0.3, -0.25) is 14.5 Å². The minimum atomic E-state index is -3.70. The highest BCUT2D eigenvalue weighted by Crippen LogP contribution is 2.38. The molecule has 1 N–H and O–H groups in total. The first-order chi connectivity index (χ1) is 18.7. The number of carbonyl (C=O) groups excluding carboxylic acids is 2. The quantitative estimate of drug-likeness (QED) is 0.564. The molecule has 2 fully saturated rings. The molecule has 2 unspecified atom stereocenters. The van der Waals surface area contributed by atoms with Crippen molar-refractivity contribution in [2.75, 3.05) is 44.6 Å². The Hall–Kier alpha value is -2.31. The van der Waals surface area contributed by atoms with E-state index in [1.54, 1.807) is 0 Å². The van der Waals surface area contributed by atoms with E-state index in [1.165, 1.54) is 39.9 Å². The molecule has 0 radical (unpaired) electrons. The maximum atomic E-state index is 13.7. The summed E-state index contributed by atoms with van der Waals surface area (Å²) in [5, 5.41) is 3.60. The van der Waals surface area contributed by atoms with Crippen molar-refractivity contribution in [2.24, 2.45) is 0 Å². The summed E-state index contributed by atoms with van der Waals surface area (Å²) >= 11 is 1.49. The number of fused-ring (bicyclic) bond motifs is 1. The number of amides is 2. The molecule has 212 valence electrons. The van der Waals surface area contributed by atoms with Crippen LogP contribution in [0.2, 0.25) is 0 Å². The average molecular weight is 575 g/mol. The number of morpholine rings is 1. The minimum absolute atomic E-state index is 0.00265. The molecular weight excluding hydrogens is 536 g/mol. The van der Waals surface area contributed by atoms with E-state index in [0.717, 1.165) is 68.8 Å². The Morgan fingerprint density at radius 3 is 2.33 bits per heavy atom. The standard InChI is InChI=1S/C28H38N4O5S2/c1-4-30-15-12-23-24(18-30)38-27(25(23)28(34)31-13-6-5-7-14-31)29-26(33)21-8-10-22(11-9-21)39(35,36)32-16-19(2)37-20(3)17-32/h8-11,19-20H,4-7,12-18H2,1-3H3,(H,29,33). The van der Waals surface area contributed by atoms with Crippen LogP contribution in [0.15, 0.2) is 29.2 Å². The molecule has 0 aliphatic carbocycles. The molecule has 2 aromatic rings. The van der Waals surface area contributed by atoms with Crippen LogP contribution in [0.4, 0.5) is 5.00 Å². The molecule has 9 nitrogen and oxygen atoms in total. The molecule has 11 heteroatoms. The molecule has 2 amide bonds. The number of ether oxygens (including phenoxy) is 1. The predicted octanol–water partition coefficient (Wildman–Crippen LogP) is 3.80. The van der Waals surface area contributed by atoms with Crippen LogP contribution in [0.5, 0.6) is 0 Å². The van der Waals surface area contributed by atoms with Gasteiger partial charge in [-0.2, -0.15) is 4.31 Å². The van der Waals surface area contributed by atoms with Gasteiger partial charge in [0, 0.05) is 49.7 Å². The van der Waals surface area contributed by atoms with Gasteiger partial charge in [0.2, 0.25) is 10.0 Å². The first-order valence-corrected chi connectivity index (χ1v) is 16.2. The van der Waals surface area contributed by atoms with Crippen molar-refractivity contribution >= 4 is 38.2 Å². The topological polar surface area (TPSA) is 99.3 Å². The van der Waals surface area contributed by atoms with E-state index < -0.39 is 10.0 Å². The molecule has 3 aliphatic heterocycles. The summed E-state index contributed by atoms with van der Waals surface area (Å²) < 4.78 is 33.5. The maximum Gasteiger partial charge on any atom is 0.257 e. The number of likely N-dealkylation sites (N-methyl/N-ethyl adjacent to an activating group) is 1. The number of likely N-dealkylation sites (tertiary alicyclic amines) is 1. The second kappa shape index (κ2) is 11.7. The van der Waals surface area contributed by atoms with Crippen LogP contribution in [0, 0.1) is 0 Å². The summed E-state index contributed by atoms with van der Waals surface area (Å²) in [6, 6.07) is 6.03.